The third-order valence-electron chi connectivity index (χ3n) is 2.30. The lowest BCUT2D eigenvalue weighted by molar-refractivity contribution is -0.138. The molecular formula is C12H16N2O4S. The molecule has 0 aliphatic heterocycles. The molecule has 1 rings (SSSR count). The van der Waals surface area contributed by atoms with Crippen molar-refractivity contribution in [3.8, 4) is 0 Å². The van der Waals surface area contributed by atoms with Crippen LogP contribution in [0.4, 0.5) is 5.69 Å². The van der Waals surface area contributed by atoms with Crippen molar-refractivity contribution < 1.29 is 18.3 Å². The number of hydrogen-bond donors (Lipinski definition) is 3. The predicted octanol–water partition coefficient (Wildman–Crippen LogP) is 0.916. The van der Waals surface area contributed by atoms with Crippen molar-refractivity contribution in [2.45, 2.75) is 19.4 Å². The zero-order valence-electron chi connectivity index (χ0n) is 10.4. The average Bonchev–Trinajstić information content (AvgIpc) is 2.31. The summed E-state index contributed by atoms with van der Waals surface area (Å²) < 4.78 is 25.3. The summed E-state index contributed by atoms with van der Waals surface area (Å²) in [6.07, 6.45) is 1.61. The summed E-state index contributed by atoms with van der Waals surface area (Å²) in [6, 6.07) is 5.42. The molecule has 0 aromatic heterocycles. The first-order valence-corrected chi connectivity index (χ1v) is 7.11. The van der Waals surface area contributed by atoms with Gasteiger partial charge in [-0.15, -0.1) is 0 Å². The van der Waals surface area contributed by atoms with E-state index in [9.17, 15) is 13.2 Å². The quantitative estimate of drug-likeness (QED) is 0.719. The maximum absolute atomic E-state index is 11.5. The van der Waals surface area contributed by atoms with E-state index >= 15 is 0 Å². The number of benzene rings is 1. The molecule has 104 valence electrons. The number of carboxylic acids is 1. The molecule has 0 saturated carbocycles. The van der Waals surface area contributed by atoms with E-state index in [1.165, 1.54) is 6.08 Å². The molecule has 19 heavy (non-hydrogen) atoms. The molecule has 1 aromatic carbocycles. The van der Waals surface area contributed by atoms with Crippen LogP contribution >= 0.6 is 0 Å². The van der Waals surface area contributed by atoms with Crippen LogP contribution in [0.5, 0.6) is 0 Å². The standard InChI is InChI=1S/C12H16N2O4S/c1-2-7-19(17,18)14-10-5-3-9(4-6-10)8-11(13)12(15)16/h2-7,11,14H,8,13H2,1H3,(H,15,16). The largest absolute Gasteiger partial charge is 0.480 e. The monoisotopic (exact) mass is 284 g/mol. The summed E-state index contributed by atoms with van der Waals surface area (Å²) in [5, 5.41) is 9.74. The van der Waals surface area contributed by atoms with Crippen LogP contribution in [0.2, 0.25) is 0 Å². The number of sulfonamides is 1. The minimum absolute atomic E-state index is 0.192. The van der Waals surface area contributed by atoms with Crippen molar-refractivity contribution >= 4 is 21.7 Å². The number of carboxylic acid groups (broad SMARTS) is 1. The van der Waals surface area contributed by atoms with Gasteiger partial charge in [0.2, 0.25) is 0 Å². The molecule has 0 heterocycles. The van der Waals surface area contributed by atoms with Crippen molar-refractivity contribution in [1.82, 2.24) is 0 Å². The highest BCUT2D eigenvalue weighted by Gasteiger charge is 2.12. The van der Waals surface area contributed by atoms with Gasteiger partial charge >= 0.3 is 5.97 Å². The van der Waals surface area contributed by atoms with Crippen LogP contribution in [0.25, 0.3) is 0 Å². The lowest BCUT2D eigenvalue weighted by Gasteiger charge is -2.08. The summed E-state index contributed by atoms with van der Waals surface area (Å²) in [5.41, 5.74) is 6.54. The summed E-state index contributed by atoms with van der Waals surface area (Å²) in [7, 11) is -3.48. The van der Waals surface area contributed by atoms with E-state index in [-0.39, 0.29) is 6.42 Å². The molecule has 0 aliphatic carbocycles. The number of hydrogen-bond acceptors (Lipinski definition) is 4. The van der Waals surface area contributed by atoms with Gasteiger partial charge in [0.25, 0.3) is 10.0 Å². The van der Waals surface area contributed by atoms with Gasteiger partial charge in [-0.05, 0) is 31.0 Å². The second-order valence-corrected chi connectivity index (χ2v) is 5.53. The smallest absolute Gasteiger partial charge is 0.320 e. The van der Waals surface area contributed by atoms with Crippen molar-refractivity contribution in [2.24, 2.45) is 5.73 Å². The highest BCUT2D eigenvalue weighted by atomic mass is 32.2. The molecule has 1 aromatic rings. The molecule has 1 unspecified atom stereocenters. The molecule has 1 atom stereocenters. The van der Waals surface area contributed by atoms with Gasteiger partial charge in [0.05, 0.1) is 0 Å². The Balaban J connectivity index is 2.75. The van der Waals surface area contributed by atoms with Gasteiger partial charge in [-0.1, -0.05) is 18.2 Å². The minimum Gasteiger partial charge on any atom is -0.480 e. The molecule has 0 fully saturated rings. The first-order valence-electron chi connectivity index (χ1n) is 5.57. The van der Waals surface area contributed by atoms with Gasteiger partial charge in [-0.3, -0.25) is 9.52 Å². The Hall–Kier alpha value is -1.86. The number of aliphatic carboxylic acids is 1. The molecular weight excluding hydrogens is 268 g/mol. The van der Waals surface area contributed by atoms with Crippen LogP contribution < -0.4 is 10.5 Å². The number of allylic oxidation sites excluding steroid dienone is 1. The van der Waals surface area contributed by atoms with E-state index in [0.717, 1.165) is 11.0 Å². The van der Waals surface area contributed by atoms with Gasteiger partial charge in [0.1, 0.15) is 6.04 Å². The first kappa shape index (κ1) is 15.2. The van der Waals surface area contributed by atoms with Crippen LogP contribution in [-0.4, -0.2) is 25.5 Å². The Bertz CT molecular complexity index is 564. The zero-order valence-corrected chi connectivity index (χ0v) is 11.2. The third kappa shape index (κ3) is 5.11. The highest BCUT2D eigenvalue weighted by Crippen LogP contribution is 2.13. The van der Waals surface area contributed by atoms with Crippen LogP contribution in [0.15, 0.2) is 35.7 Å². The second kappa shape index (κ2) is 6.35. The molecule has 0 spiro atoms. The maximum atomic E-state index is 11.5. The fourth-order valence-electron chi connectivity index (χ4n) is 1.43. The van der Waals surface area contributed by atoms with Crippen LogP contribution in [0, 0.1) is 0 Å². The fourth-order valence-corrected chi connectivity index (χ4v) is 2.32. The highest BCUT2D eigenvalue weighted by molar-refractivity contribution is 7.95. The van der Waals surface area contributed by atoms with E-state index in [4.69, 9.17) is 10.8 Å². The molecule has 0 amide bonds. The summed E-state index contributed by atoms with van der Waals surface area (Å²) in [5.74, 6) is -1.07. The summed E-state index contributed by atoms with van der Waals surface area (Å²) >= 11 is 0. The first-order chi connectivity index (χ1) is 8.84. The lowest BCUT2D eigenvalue weighted by atomic mass is 10.1. The van der Waals surface area contributed by atoms with E-state index < -0.39 is 22.0 Å². The average molecular weight is 284 g/mol. The molecule has 4 N–H and O–H groups in total. The Labute approximate surface area is 112 Å². The Morgan fingerprint density at radius 1 is 1.42 bits per heavy atom. The van der Waals surface area contributed by atoms with Gasteiger partial charge in [0, 0.05) is 11.1 Å². The Kier molecular flexibility index (Phi) is 5.08. The minimum atomic E-state index is -3.48. The summed E-state index contributed by atoms with van der Waals surface area (Å²) in [6.45, 7) is 1.61. The van der Waals surface area contributed by atoms with Crippen molar-refractivity contribution in [2.75, 3.05) is 4.72 Å². The lowest BCUT2D eigenvalue weighted by Crippen LogP contribution is -2.32. The molecule has 6 nitrogen and oxygen atoms in total. The molecule has 0 saturated heterocycles. The third-order valence-corrected chi connectivity index (χ3v) is 3.45. The number of carbonyl (C=O) groups is 1. The molecule has 0 radical (unpaired) electrons. The van der Waals surface area contributed by atoms with Crippen molar-refractivity contribution in [1.29, 1.82) is 0 Å². The summed E-state index contributed by atoms with van der Waals surface area (Å²) in [4.78, 5) is 10.6. The van der Waals surface area contributed by atoms with Crippen LogP contribution in [0.1, 0.15) is 12.5 Å². The Morgan fingerprint density at radius 3 is 2.47 bits per heavy atom. The van der Waals surface area contributed by atoms with E-state index in [1.807, 2.05) is 0 Å². The topological polar surface area (TPSA) is 109 Å². The molecule has 0 aliphatic rings. The molecule has 7 heteroatoms. The fraction of sp³-hybridized carbons (Fsp3) is 0.250. The predicted molar refractivity (Wildman–Crippen MR) is 73.1 cm³/mol. The van der Waals surface area contributed by atoms with Gasteiger partial charge in [-0.2, -0.15) is 0 Å². The van der Waals surface area contributed by atoms with Gasteiger partial charge in [0.15, 0.2) is 0 Å². The van der Waals surface area contributed by atoms with E-state index in [1.54, 1.807) is 31.2 Å². The van der Waals surface area contributed by atoms with Crippen LogP contribution in [-0.2, 0) is 21.2 Å². The van der Waals surface area contributed by atoms with Gasteiger partial charge in [-0.25, -0.2) is 8.42 Å². The zero-order chi connectivity index (χ0) is 14.5. The molecule has 0 bridgehead atoms. The second-order valence-electron chi connectivity index (χ2n) is 3.96. The van der Waals surface area contributed by atoms with Gasteiger partial charge < -0.3 is 10.8 Å². The van der Waals surface area contributed by atoms with E-state index in [0.29, 0.717) is 5.69 Å². The normalized spacial score (nSPS) is 13.4. The van der Waals surface area contributed by atoms with Crippen molar-refractivity contribution in [3.05, 3.63) is 41.3 Å². The van der Waals surface area contributed by atoms with E-state index in [2.05, 4.69) is 4.72 Å². The number of nitrogens with two attached hydrogens (primary N) is 1. The number of nitrogens with one attached hydrogen (secondary N) is 1. The SMILES string of the molecule is CC=CS(=O)(=O)Nc1ccc(CC(N)C(=O)O)cc1. The van der Waals surface area contributed by atoms with Crippen molar-refractivity contribution in [3.63, 3.8) is 0 Å². The van der Waals surface area contributed by atoms with Crippen LogP contribution in [0.3, 0.4) is 0 Å². The number of anilines is 1. The Morgan fingerprint density at radius 2 is 2.00 bits per heavy atom. The number of rotatable bonds is 6. The maximum Gasteiger partial charge on any atom is 0.320 e.